The molecule has 1 aromatic heterocycles. The third-order valence-corrected chi connectivity index (χ3v) is 4.59. The van der Waals surface area contributed by atoms with E-state index >= 15 is 0 Å². The first-order chi connectivity index (χ1) is 9.74. The third kappa shape index (κ3) is 5.35. The summed E-state index contributed by atoms with van der Waals surface area (Å²) >= 11 is 0. The molecule has 0 radical (unpaired) electrons. The molecular formula is C20H25Cl2NZr. The Hall–Kier alpha value is -0.297. The maximum Gasteiger partial charge on any atom is 4.00 e. The molecule has 1 aliphatic carbocycles. The largest absolute Gasteiger partial charge is 4.00 e. The zero-order chi connectivity index (χ0) is 15.8. The van der Waals surface area contributed by atoms with E-state index in [0.717, 1.165) is 0 Å². The topological polar surface area (TPSA) is 15.8 Å². The van der Waals surface area contributed by atoms with E-state index in [4.69, 9.17) is 0 Å². The summed E-state index contributed by atoms with van der Waals surface area (Å²) in [5.74, 6) is 0. The number of hydrogen-bond donors (Lipinski definition) is 1. The molecule has 1 aliphatic rings. The Morgan fingerprint density at radius 3 is 1.92 bits per heavy atom. The Bertz CT molecular complexity index is 739. The van der Waals surface area contributed by atoms with Crippen LogP contribution in [0.1, 0.15) is 45.7 Å². The summed E-state index contributed by atoms with van der Waals surface area (Å²) in [6.07, 6.45) is 6.53. The molecule has 1 nitrogen and oxygen atoms in total. The Kier molecular flexibility index (Phi) is 10.8. The van der Waals surface area contributed by atoms with Gasteiger partial charge in [-0.15, -0.1) is 35.7 Å². The molecule has 0 aliphatic heterocycles. The molecule has 2 aromatic rings. The number of hydrogen-bond acceptors (Lipinski definition) is 0. The molecule has 0 saturated carbocycles. The fourth-order valence-corrected chi connectivity index (χ4v) is 2.90. The van der Waals surface area contributed by atoms with Gasteiger partial charge in [0.25, 0.3) is 0 Å². The van der Waals surface area contributed by atoms with Gasteiger partial charge < -0.3 is 29.8 Å². The summed E-state index contributed by atoms with van der Waals surface area (Å²) in [4.78, 5) is 3.10. The molecule has 0 atom stereocenters. The first-order valence-corrected chi connectivity index (χ1v) is 7.49. The first kappa shape index (κ1) is 25.9. The number of rotatable bonds is 0. The second kappa shape index (κ2) is 10.00. The number of halogens is 2. The van der Waals surface area contributed by atoms with Crippen molar-refractivity contribution in [2.45, 2.75) is 48.5 Å². The van der Waals surface area contributed by atoms with E-state index in [0.29, 0.717) is 0 Å². The number of fused-ring (bicyclic) bond motifs is 1. The van der Waals surface area contributed by atoms with Crippen LogP contribution in [0.25, 0.3) is 10.9 Å². The van der Waals surface area contributed by atoms with Gasteiger partial charge in [0, 0.05) is 0 Å². The van der Waals surface area contributed by atoms with Crippen molar-refractivity contribution in [1.29, 1.82) is 0 Å². The number of aryl methyl sites for hydroxylation is 2. The van der Waals surface area contributed by atoms with Gasteiger partial charge in [-0.1, -0.05) is 59.1 Å². The molecule has 0 saturated heterocycles. The van der Waals surface area contributed by atoms with Gasteiger partial charge in [-0.05, 0) is 0 Å². The van der Waals surface area contributed by atoms with E-state index < -0.39 is 0 Å². The van der Waals surface area contributed by atoms with Gasteiger partial charge in [0.1, 0.15) is 0 Å². The average molecular weight is 442 g/mol. The Morgan fingerprint density at radius 1 is 0.958 bits per heavy atom. The second-order valence-corrected chi connectivity index (χ2v) is 6.50. The van der Waals surface area contributed by atoms with Gasteiger partial charge in [-0.25, -0.2) is 5.57 Å². The zero-order valence-corrected chi connectivity index (χ0v) is 19.5. The molecule has 128 valence electrons. The van der Waals surface area contributed by atoms with Crippen LogP contribution >= 0.6 is 0 Å². The standard InChI is InChI=1S/C10H10N.C10H15.2ClH.Zr/c1-7-4-3-5-9-10(7)8(2)6-11-9;1-7-6-10(4,5)9(3)8(7)2;;;/h3-5,11H,1-2H3;1-5H3;2*1H;/q2*-1;;;+4/p-2. The minimum absolute atomic E-state index is 0. The summed E-state index contributed by atoms with van der Waals surface area (Å²) in [6.45, 7) is 15.1. The van der Waals surface area contributed by atoms with Gasteiger partial charge in [-0.3, -0.25) is 6.08 Å². The van der Waals surface area contributed by atoms with Crippen LogP contribution in [0, 0.1) is 31.5 Å². The number of benzene rings is 1. The summed E-state index contributed by atoms with van der Waals surface area (Å²) in [5, 5.41) is 1.31. The van der Waals surface area contributed by atoms with Crippen molar-refractivity contribution in [3.63, 3.8) is 0 Å². The normalized spacial score (nSPS) is 14.7. The van der Waals surface area contributed by atoms with E-state index in [1.807, 2.05) is 0 Å². The fraction of sp³-hybridized carbons (Fsp3) is 0.400. The van der Waals surface area contributed by atoms with Crippen LogP contribution in [-0.4, -0.2) is 4.98 Å². The van der Waals surface area contributed by atoms with Gasteiger partial charge in [0.15, 0.2) is 0 Å². The smallest absolute Gasteiger partial charge is 1.00 e. The number of aromatic amines is 1. The Labute approximate surface area is 178 Å². The van der Waals surface area contributed by atoms with Crippen molar-refractivity contribution in [2.75, 3.05) is 0 Å². The van der Waals surface area contributed by atoms with Crippen LogP contribution in [0.15, 0.2) is 34.9 Å². The molecule has 4 heteroatoms. The van der Waals surface area contributed by atoms with Crippen LogP contribution in [0.4, 0.5) is 0 Å². The van der Waals surface area contributed by atoms with E-state index in [-0.39, 0.29) is 56.4 Å². The van der Waals surface area contributed by atoms with Crippen LogP contribution in [0.5, 0.6) is 0 Å². The maximum absolute atomic E-state index is 3.44. The summed E-state index contributed by atoms with van der Waals surface area (Å²) in [7, 11) is 0. The minimum Gasteiger partial charge on any atom is -1.00 e. The van der Waals surface area contributed by atoms with Gasteiger partial charge >= 0.3 is 26.2 Å². The Balaban J connectivity index is 0. The molecule has 0 amide bonds. The van der Waals surface area contributed by atoms with Gasteiger partial charge in [0.2, 0.25) is 0 Å². The van der Waals surface area contributed by atoms with Crippen molar-refractivity contribution >= 4 is 10.9 Å². The summed E-state index contributed by atoms with van der Waals surface area (Å²) < 4.78 is 0. The van der Waals surface area contributed by atoms with Crippen LogP contribution in [0.2, 0.25) is 0 Å². The molecule has 24 heavy (non-hydrogen) atoms. The Morgan fingerprint density at radius 2 is 1.54 bits per heavy atom. The maximum atomic E-state index is 3.44. The van der Waals surface area contributed by atoms with Crippen molar-refractivity contribution < 1.29 is 51.0 Å². The molecule has 0 bridgehead atoms. The van der Waals surface area contributed by atoms with Crippen molar-refractivity contribution in [1.82, 2.24) is 4.98 Å². The number of nitrogens with one attached hydrogen (secondary N) is 1. The molecule has 1 aromatic carbocycles. The van der Waals surface area contributed by atoms with Crippen molar-refractivity contribution in [2.24, 2.45) is 5.41 Å². The predicted molar refractivity (Wildman–Crippen MR) is 91.2 cm³/mol. The van der Waals surface area contributed by atoms with E-state index in [1.54, 1.807) is 0 Å². The SMILES string of the molecule is CC1=[C-]C(C)(C)C(C)=C1C.Cc1[c-][nH]c2cccc(C)c12.[Cl-].[Cl-].[Zr+4]. The van der Waals surface area contributed by atoms with Crippen LogP contribution < -0.4 is 24.8 Å². The first-order valence-electron chi connectivity index (χ1n) is 7.49. The third-order valence-electron chi connectivity index (χ3n) is 4.59. The van der Waals surface area contributed by atoms with Crippen LogP contribution in [-0.2, 0) is 26.2 Å². The molecule has 1 heterocycles. The van der Waals surface area contributed by atoms with Crippen molar-refractivity contribution in [3.05, 3.63) is 58.3 Å². The van der Waals surface area contributed by atoms with E-state index in [2.05, 4.69) is 83.9 Å². The molecule has 3 rings (SSSR count). The molecule has 0 unspecified atom stereocenters. The molecule has 0 spiro atoms. The molecular weight excluding hydrogens is 416 g/mol. The van der Waals surface area contributed by atoms with E-state index in [1.165, 1.54) is 38.7 Å². The fourth-order valence-electron chi connectivity index (χ4n) is 2.90. The second-order valence-electron chi connectivity index (χ2n) is 6.50. The number of H-pyrrole nitrogens is 1. The number of aromatic nitrogens is 1. The van der Waals surface area contributed by atoms with Gasteiger partial charge in [-0.2, -0.15) is 16.7 Å². The van der Waals surface area contributed by atoms with Crippen LogP contribution in [0.3, 0.4) is 0 Å². The number of allylic oxidation sites excluding steroid dienone is 4. The van der Waals surface area contributed by atoms with Gasteiger partial charge in [0.05, 0.1) is 0 Å². The monoisotopic (exact) mass is 439 g/mol. The quantitative estimate of drug-likeness (QED) is 0.541. The summed E-state index contributed by atoms with van der Waals surface area (Å²) in [6, 6.07) is 6.25. The summed E-state index contributed by atoms with van der Waals surface area (Å²) in [5.41, 5.74) is 8.10. The zero-order valence-electron chi connectivity index (χ0n) is 15.5. The minimum atomic E-state index is 0. The van der Waals surface area contributed by atoms with E-state index in [9.17, 15) is 0 Å². The molecule has 1 N–H and O–H groups in total. The molecule has 0 fully saturated rings. The predicted octanol–water partition coefficient (Wildman–Crippen LogP) is -0.297. The average Bonchev–Trinajstić information content (AvgIpc) is 2.87. The van der Waals surface area contributed by atoms with Crippen molar-refractivity contribution in [3.8, 4) is 0 Å².